The fourth-order valence-electron chi connectivity index (χ4n) is 1.45. The zero-order chi connectivity index (χ0) is 12.1. The van der Waals surface area contributed by atoms with Crippen molar-refractivity contribution in [2.24, 2.45) is 0 Å². The number of carbonyl (C=O) groups excluding carboxylic acids is 1. The van der Waals surface area contributed by atoms with E-state index in [2.05, 4.69) is 10.3 Å². The van der Waals surface area contributed by atoms with Crippen LogP contribution < -0.4 is 10.1 Å². The largest absolute Gasteiger partial charge is 0.497 e. The van der Waals surface area contributed by atoms with E-state index < -0.39 is 6.10 Å². The molecule has 6 nitrogen and oxygen atoms in total. The topological polar surface area (TPSA) is 69.7 Å². The molecule has 0 aromatic carbocycles. The highest BCUT2D eigenvalue weighted by atomic mass is 16.6. The molecular formula is C11H14N2O4. The predicted molar refractivity (Wildman–Crippen MR) is 60.0 cm³/mol. The molecule has 1 unspecified atom stereocenters. The Bertz CT molecular complexity index is 391. The number of amides is 1. The number of methoxy groups -OCH3 is 1. The number of hydrogen-bond donors (Lipinski definition) is 1. The van der Waals surface area contributed by atoms with Crippen LogP contribution in [-0.4, -0.2) is 43.9 Å². The highest BCUT2D eigenvalue weighted by molar-refractivity contribution is 5.93. The lowest BCUT2D eigenvalue weighted by atomic mass is 10.3. The molecule has 1 aliphatic rings. The molecule has 1 atom stereocenters. The third-order valence-corrected chi connectivity index (χ3v) is 2.33. The molecule has 1 saturated heterocycles. The predicted octanol–water partition coefficient (Wildman–Crippen LogP) is 0.444. The van der Waals surface area contributed by atoms with E-state index in [1.165, 1.54) is 0 Å². The Labute approximate surface area is 98.9 Å². The number of nitrogens with zero attached hydrogens (tertiary/aromatic N) is 1. The Morgan fingerprint density at radius 3 is 3.18 bits per heavy atom. The molecular weight excluding hydrogens is 224 g/mol. The van der Waals surface area contributed by atoms with Gasteiger partial charge in [0.15, 0.2) is 6.10 Å². The van der Waals surface area contributed by atoms with Crippen LogP contribution in [0.15, 0.2) is 18.3 Å². The fraction of sp³-hybridized carbons (Fsp3) is 0.455. The molecule has 0 aliphatic carbocycles. The molecule has 2 heterocycles. The Morgan fingerprint density at radius 2 is 2.47 bits per heavy atom. The first kappa shape index (κ1) is 11.8. The van der Waals surface area contributed by atoms with Gasteiger partial charge in [0.2, 0.25) is 0 Å². The average Bonchev–Trinajstić information content (AvgIpc) is 2.40. The molecule has 1 aromatic rings. The minimum atomic E-state index is -0.572. The van der Waals surface area contributed by atoms with Crippen molar-refractivity contribution < 1.29 is 19.0 Å². The molecule has 1 N–H and O–H groups in total. The van der Waals surface area contributed by atoms with Crippen molar-refractivity contribution in [3.05, 3.63) is 18.3 Å². The summed E-state index contributed by atoms with van der Waals surface area (Å²) in [6.07, 6.45) is 0.990. The molecule has 92 valence electrons. The summed E-state index contributed by atoms with van der Waals surface area (Å²) in [5, 5.41) is 2.65. The van der Waals surface area contributed by atoms with Crippen molar-refractivity contribution in [1.29, 1.82) is 0 Å². The number of rotatable bonds is 3. The normalized spacial score (nSPS) is 19.7. The highest BCUT2D eigenvalue weighted by Gasteiger charge is 2.22. The van der Waals surface area contributed by atoms with E-state index in [-0.39, 0.29) is 12.5 Å². The van der Waals surface area contributed by atoms with Crippen molar-refractivity contribution in [1.82, 2.24) is 4.98 Å². The Balaban J connectivity index is 1.96. The van der Waals surface area contributed by atoms with Gasteiger partial charge in [-0.25, -0.2) is 4.98 Å². The molecule has 0 radical (unpaired) electrons. The van der Waals surface area contributed by atoms with Crippen molar-refractivity contribution in [3.8, 4) is 5.75 Å². The van der Waals surface area contributed by atoms with Crippen molar-refractivity contribution in [3.63, 3.8) is 0 Å². The molecule has 1 fully saturated rings. The molecule has 1 aliphatic heterocycles. The van der Waals surface area contributed by atoms with Gasteiger partial charge in [-0.3, -0.25) is 4.79 Å². The Kier molecular flexibility index (Phi) is 3.89. The number of nitrogens with one attached hydrogen (secondary N) is 1. The minimum Gasteiger partial charge on any atom is -0.497 e. The van der Waals surface area contributed by atoms with Gasteiger partial charge in [0.05, 0.1) is 26.9 Å². The molecule has 1 amide bonds. The van der Waals surface area contributed by atoms with Gasteiger partial charge in [-0.15, -0.1) is 0 Å². The average molecular weight is 238 g/mol. The monoisotopic (exact) mass is 238 g/mol. The minimum absolute atomic E-state index is 0.259. The molecule has 6 heteroatoms. The second-order valence-corrected chi connectivity index (χ2v) is 3.50. The quantitative estimate of drug-likeness (QED) is 0.827. The molecule has 17 heavy (non-hydrogen) atoms. The van der Waals surface area contributed by atoms with Gasteiger partial charge in [0.25, 0.3) is 5.91 Å². The third-order valence-electron chi connectivity index (χ3n) is 2.33. The van der Waals surface area contributed by atoms with Crippen LogP contribution in [-0.2, 0) is 14.3 Å². The summed E-state index contributed by atoms with van der Waals surface area (Å²) in [6, 6.07) is 3.34. The number of hydrogen-bond acceptors (Lipinski definition) is 5. The maximum absolute atomic E-state index is 11.8. The van der Waals surface area contributed by atoms with Gasteiger partial charge in [-0.2, -0.15) is 0 Å². The molecule has 0 saturated carbocycles. The van der Waals surface area contributed by atoms with E-state index in [0.29, 0.717) is 24.8 Å². The number of anilines is 1. The highest BCUT2D eigenvalue weighted by Crippen LogP contribution is 2.14. The van der Waals surface area contributed by atoms with Crippen LogP contribution >= 0.6 is 0 Å². The lowest BCUT2D eigenvalue weighted by molar-refractivity contribution is -0.142. The summed E-state index contributed by atoms with van der Waals surface area (Å²) in [5.41, 5.74) is 0. The Hall–Kier alpha value is -1.66. The lowest BCUT2D eigenvalue weighted by Gasteiger charge is -2.21. The van der Waals surface area contributed by atoms with Gasteiger partial charge in [0.1, 0.15) is 11.6 Å². The summed E-state index contributed by atoms with van der Waals surface area (Å²) in [6.45, 7) is 1.24. The van der Waals surface area contributed by atoms with Gasteiger partial charge in [0, 0.05) is 12.3 Å². The van der Waals surface area contributed by atoms with Gasteiger partial charge >= 0.3 is 0 Å². The first-order chi connectivity index (χ1) is 8.29. The molecule has 2 rings (SSSR count). The van der Waals surface area contributed by atoms with Crippen LogP contribution in [0.1, 0.15) is 0 Å². The zero-order valence-electron chi connectivity index (χ0n) is 9.51. The van der Waals surface area contributed by atoms with Crippen molar-refractivity contribution >= 4 is 11.7 Å². The summed E-state index contributed by atoms with van der Waals surface area (Å²) in [7, 11) is 1.55. The van der Waals surface area contributed by atoms with Gasteiger partial charge in [-0.1, -0.05) is 0 Å². The van der Waals surface area contributed by atoms with Gasteiger partial charge in [-0.05, 0) is 6.07 Å². The number of aromatic nitrogens is 1. The molecule has 0 spiro atoms. The summed E-state index contributed by atoms with van der Waals surface area (Å²) >= 11 is 0. The summed E-state index contributed by atoms with van der Waals surface area (Å²) in [4.78, 5) is 15.8. The van der Waals surface area contributed by atoms with E-state index in [1.807, 2.05) is 0 Å². The van der Waals surface area contributed by atoms with E-state index in [4.69, 9.17) is 14.2 Å². The smallest absolute Gasteiger partial charge is 0.257 e. The van der Waals surface area contributed by atoms with Crippen molar-refractivity contribution in [2.45, 2.75) is 6.10 Å². The van der Waals surface area contributed by atoms with E-state index in [0.717, 1.165) is 0 Å². The van der Waals surface area contributed by atoms with E-state index >= 15 is 0 Å². The van der Waals surface area contributed by atoms with Crippen LogP contribution in [0.4, 0.5) is 5.82 Å². The molecule has 1 aromatic heterocycles. The third kappa shape index (κ3) is 3.15. The second-order valence-electron chi connectivity index (χ2n) is 3.50. The van der Waals surface area contributed by atoms with Crippen LogP contribution in [0.2, 0.25) is 0 Å². The second kappa shape index (κ2) is 5.60. The number of pyridine rings is 1. The maximum atomic E-state index is 11.8. The Morgan fingerprint density at radius 1 is 1.59 bits per heavy atom. The number of ether oxygens (including phenoxy) is 3. The van der Waals surface area contributed by atoms with Crippen LogP contribution in [0, 0.1) is 0 Å². The summed E-state index contributed by atoms with van der Waals surface area (Å²) < 4.78 is 15.5. The van der Waals surface area contributed by atoms with Crippen LogP contribution in [0.5, 0.6) is 5.75 Å². The van der Waals surface area contributed by atoms with Gasteiger partial charge < -0.3 is 19.5 Å². The standard InChI is InChI=1S/C11H14N2O4/c1-15-8-2-3-12-10(6-8)13-11(14)9-7-16-4-5-17-9/h2-3,6,9H,4-5,7H2,1H3,(H,12,13,14). The number of carbonyl (C=O) groups is 1. The first-order valence-corrected chi connectivity index (χ1v) is 5.30. The lowest BCUT2D eigenvalue weighted by Crippen LogP contribution is -2.39. The fourth-order valence-corrected chi connectivity index (χ4v) is 1.45. The maximum Gasteiger partial charge on any atom is 0.257 e. The van der Waals surface area contributed by atoms with E-state index in [9.17, 15) is 4.79 Å². The van der Waals surface area contributed by atoms with Crippen LogP contribution in [0.3, 0.4) is 0 Å². The SMILES string of the molecule is COc1ccnc(NC(=O)C2COCCO2)c1. The molecule has 0 bridgehead atoms. The first-order valence-electron chi connectivity index (χ1n) is 5.30. The summed E-state index contributed by atoms with van der Waals surface area (Å²) in [5.74, 6) is 0.810. The van der Waals surface area contributed by atoms with E-state index in [1.54, 1.807) is 25.4 Å². The van der Waals surface area contributed by atoms with Crippen molar-refractivity contribution in [2.75, 3.05) is 32.2 Å². The van der Waals surface area contributed by atoms with Crippen LogP contribution in [0.25, 0.3) is 0 Å². The zero-order valence-corrected chi connectivity index (χ0v) is 9.51.